The molecular weight excluding hydrogens is 377 g/mol. The topological polar surface area (TPSA) is 134 Å². The standard InChI is InChI=1S/C17H12FN3O7/c18-14-3-2-12(7-15(14)21(25)26)19-16(22)4-1-10-5-13(20(23)24)6-11-8-27-9-28-17(10)11/h1-7H,8-9H2,(H,19,22)/b4-1+. The lowest BCUT2D eigenvalue weighted by Crippen LogP contribution is -2.13. The molecule has 3 rings (SSSR count). The minimum atomic E-state index is -1.03. The molecule has 0 aliphatic carbocycles. The van der Waals surface area contributed by atoms with Crippen LogP contribution in [0, 0.1) is 26.0 Å². The molecule has 144 valence electrons. The van der Waals surface area contributed by atoms with E-state index >= 15 is 0 Å². The largest absolute Gasteiger partial charge is 0.467 e. The van der Waals surface area contributed by atoms with Crippen molar-refractivity contribution < 1.29 is 28.5 Å². The Labute approximate surface area is 156 Å². The number of nitro benzene ring substituents is 2. The van der Waals surface area contributed by atoms with Crippen LogP contribution in [0.15, 0.2) is 36.4 Å². The molecule has 28 heavy (non-hydrogen) atoms. The van der Waals surface area contributed by atoms with Gasteiger partial charge in [-0.05, 0) is 18.2 Å². The van der Waals surface area contributed by atoms with Gasteiger partial charge in [0, 0.05) is 41.1 Å². The number of nitrogens with one attached hydrogen (secondary N) is 1. The maximum Gasteiger partial charge on any atom is 0.306 e. The van der Waals surface area contributed by atoms with Crippen LogP contribution < -0.4 is 10.1 Å². The summed E-state index contributed by atoms with van der Waals surface area (Å²) in [4.78, 5) is 32.4. The Morgan fingerprint density at radius 2 is 1.96 bits per heavy atom. The molecule has 10 nitrogen and oxygen atoms in total. The Bertz CT molecular complexity index is 1010. The van der Waals surface area contributed by atoms with Crippen LogP contribution in [-0.4, -0.2) is 22.5 Å². The van der Waals surface area contributed by atoms with Gasteiger partial charge in [-0.15, -0.1) is 0 Å². The highest BCUT2D eigenvalue weighted by atomic mass is 19.1. The lowest BCUT2D eigenvalue weighted by molar-refractivity contribution is -0.387. The summed E-state index contributed by atoms with van der Waals surface area (Å²) in [5.74, 6) is -1.34. The highest BCUT2D eigenvalue weighted by molar-refractivity contribution is 6.02. The quantitative estimate of drug-likeness (QED) is 0.471. The number of hydrogen-bond donors (Lipinski definition) is 1. The highest BCUT2D eigenvalue weighted by Crippen LogP contribution is 2.33. The van der Waals surface area contributed by atoms with Gasteiger partial charge in [-0.2, -0.15) is 4.39 Å². The average molecular weight is 389 g/mol. The van der Waals surface area contributed by atoms with Gasteiger partial charge >= 0.3 is 5.69 Å². The molecule has 0 aromatic heterocycles. The number of nitro groups is 2. The highest BCUT2D eigenvalue weighted by Gasteiger charge is 2.20. The van der Waals surface area contributed by atoms with Gasteiger partial charge in [-0.1, -0.05) is 0 Å². The zero-order valence-corrected chi connectivity index (χ0v) is 14.1. The van der Waals surface area contributed by atoms with Crippen molar-refractivity contribution >= 4 is 29.0 Å². The number of benzene rings is 2. The number of anilines is 1. The van der Waals surface area contributed by atoms with Crippen molar-refractivity contribution in [1.29, 1.82) is 0 Å². The fraction of sp³-hybridized carbons (Fsp3) is 0.118. The molecule has 0 saturated heterocycles. The molecule has 0 atom stereocenters. The Hall–Kier alpha value is -3.86. The molecule has 1 aliphatic rings. The number of carbonyl (C=O) groups excluding carboxylic acids is 1. The van der Waals surface area contributed by atoms with Gasteiger partial charge in [0.15, 0.2) is 6.79 Å². The molecule has 1 heterocycles. The van der Waals surface area contributed by atoms with Gasteiger partial charge in [0.1, 0.15) is 5.75 Å². The van der Waals surface area contributed by atoms with E-state index in [0.29, 0.717) is 16.9 Å². The van der Waals surface area contributed by atoms with Crippen LogP contribution in [-0.2, 0) is 16.1 Å². The van der Waals surface area contributed by atoms with E-state index in [-0.39, 0.29) is 24.8 Å². The van der Waals surface area contributed by atoms with Crippen LogP contribution in [0.5, 0.6) is 5.75 Å². The number of carbonyl (C=O) groups is 1. The van der Waals surface area contributed by atoms with Crippen LogP contribution in [0.4, 0.5) is 21.5 Å². The molecule has 11 heteroatoms. The Morgan fingerprint density at radius 1 is 1.18 bits per heavy atom. The first-order valence-corrected chi connectivity index (χ1v) is 7.80. The number of halogens is 1. The summed E-state index contributed by atoms with van der Waals surface area (Å²) < 4.78 is 23.8. The molecule has 0 spiro atoms. The third-order valence-corrected chi connectivity index (χ3v) is 3.76. The van der Waals surface area contributed by atoms with E-state index in [1.54, 1.807) is 0 Å². The summed E-state index contributed by atoms with van der Waals surface area (Å²) in [5, 5.41) is 24.2. The van der Waals surface area contributed by atoms with Gasteiger partial charge in [0.2, 0.25) is 11.7 Å². The summed E-state index contributed by atoms with van der Waals surface area (Å²) in [6.45, 7) is 0.0976. The van der Waals surface area contributed by atoms with E-state index in [1.807, 2.05) is 0 Å². The van der Waals surface area contributed by atoms with Gasteiger partial charge in [0.05, 0.1) is 16.5 Å². The van der Waals surface area contributed by atoms with Crippen molar-refractivity contribution in [3.8, 4) is 5.75 Å². The SMILES string of the molecule is O=C(/C=C/c1cc([N+](=O)[O-])cc2c1OCOC2)Nc1ccc(F)c([N+](=O)[O-])c1. The predicted molar refractivity (Wildman–Crippen MR) is 94.1 cm³/mol. The minimum absolute atomic E-state index is 0.0217. The molecular formula is C17H12FN3O7. The van der Waals surface area contributed by atoms with Gasteiger partial charge < -0.3 is 14.8 Å². The van der Waals surface area contributed by atoms with E-state index in [4.69, 9.17) is 9.47 Å². The second kappa shape index (κ2) is 7.80. The van der Waals surface area contributed by atoms with Gasteiger partial charge in [-0.25, -0.2) is 0 Å². The van der Waals surface area contributed by atoms with E-state index in [2.05, 4.69) is 5.32 Å². The first kappa shape index (κ1) is 18.9. The number of fused-ring (bicyclic) bond motifs is 1. The van der Waals surface area contributed by atoms with E-state index in [1.165, 1.54) is 24.3 Å². The molecule has 0 bridgehead atoms. The Balaban J connectivity index is 1.83. The second-order valence-corrected chi connectivity index (χ2v) is 5.64. The van der Waals surface area contributed by atoms with Gasteiger partial charge in [-0.3, -0.25) is 25.0 Å². The fourth-order valence-electron chi connectivity index (χ4n) is 2.54. The van der Waals surface area contributed by atoms with Gasteiger partial charge in [0.25, 0.3) is 5.69 Å². The van der Waals surface area contributed by atoms with Crippen LogP contribution in [0.3, 0.4) is 0 Å². The van der Waals surface area contributed by atoms with E-state index < -0.39 is 27.3 Å². The molecule has 2 aromatic rings. The summed E-state index contributed by atoms with van der Waals surface area (Å²) in [6.07, 6.45) is 2.39. The van der Waals surface area contributed by atoms with Crippen molar-refractivity contribution in [2.75, 3.05) is 12.1 Å². The molecule has 1 aliphatic heterocycles. The Kier molecular flexibility index (Phi) is 5.27. The summed E-state index contributed by atoms with van der Waals surface area (Å²) in [5.41, 5.74) is -0.180. The van der Waals surface area contributed by atoms with Crippen LogP contribution in [0.2, 0.25) is 0 Å². The third kappa shape index (κ3) is 4.10. The lowest BCUT2D eigenvalue weighted by Gasteiger charge is -2.19. The normalized spacial score (nSPS) is 12.9. The molecule has 0 radical (unpaired) electrons. The third-order valence-electron chi connectivity index (χ3n) is 3.76. The number of nitrogens with zero attached hydrogens (tertiary/aromatic N) is 2. The number of hydrogen-bond acceptors (Lipinski definition) is 7. The maximum atomic E-state index is 13.3. The van der Waals surface area contributed by atoms with Crippen molar-refractivity contribution in [3.05, 3.63) is 73.6 Å². The second-order valence-electron chi connectivity index (χ2n) is 5.64. The summed E-state index contributed by atoms with van der Waals surface area (Å²) >= 11 is 0. The smallest absolute Gasteiger partial charge is 0.306 e. The number of ether oxygens (including phenoxy) is 2. The van der Waals surface area contributed by atoms with Crippen molar-refractivity contribution in [1.82, 2.24) is 0 Å². The lowest BCUT2D eigenvalue weighted by atomic mass is 10.1. The van der Waals surface area contributed by atoms with E-state index in [0.717, 1.165) is 18.2 Å². The van der Waals surface area contributed by atoms with Crippen molar-refractivity contribution in [3.63, 3.8) is 0 Å². The molecule has 0 fully saturated rings. The predicted octanol–water partition coefficient (Wildman–Crippen LogP) is 3.16. The van der Waals surface area contributed by atoms with Crippen LogP contribution in [0.1, 0.15) is 11.1 Å². The number of amides is 1. The Morgan fingerprint density at radius 3 is 2.68 bits per heavy atom. The summed E-state index contributed by atoms with van der Waals surface area (Å²) in [7, 11) is 0. The number of non-ortho nitro benzene ring substituents is 1. The first-order chi connectivity index (χ1) is 13.3. The van der Waals surface area contributed by atoms with Crippen LogP contribution >= 0.6 is 0 Å². The first-order valence-electron chi connectivity index (χ1n) is 7.80. The average Bonchev–Trinajstić information content (AvgIpc) is 2.67. The number of rotatable bonds is 5. The fourth-order valence-corrected chi connectivity index (χ4v) is 2.54. The molecule has 0 unspecified atom stereocenters. The van der Waals surface area contributed by atoms with Crippen molar-refractivity contribution in [2.24, 2.45) is 0 Å². The minimum Gasteiger partial charge on any atom is -0.467 e. The zero-order chi connectivity index (χ0) is 20.3. The van der Waals surface area contributed by atoms with Crippen LogP contribution in [0.25, 0.3) is 6.08 Å². The zero-order valence-electron chi connectivity index (χ0n) is 14.1. The molecule has 1 amide bonds. The molecule has 0 saturated carbocycles. The monoisotopic (exact) mass is 389 g/mol. The molecule has 1 N–H and O–H groups in total. The molecule has 2 aromatic carbocycles. The van der Waals surface area contributed by atoms with E-state index in [9.17, 15) is 29.4 Å². The summed E-state index contributed by atoms with van der Waals surface area (Å²) in [6, 6.07) is 5.49. The van der Waals surface area contributed by atoms with Crippen molar-refractivity contribution in [2.45, 2.75) is 6.61 Å². The maximum absolute atomic E-state index is 13.3.